The van der Waals surface area contributed by atoms with Crippen LogP contribution in [0.25, 0.3) is 0 Å². The summed E-state index contributed by atoms with van der Waals surface area (Å²) in [5.41, 5.74) is -0.992. The van der Waals surface area contributed by atoms with Gasteiger partial charge in [-0.3, -0.25) is 4.79 Å². The SMILES string of the molecule is CCCCCC(=O)COC1CCN(S(=O)(=O)c2cccc(C(F)(F)F)c2)CC1. The summed E-state index contributed by atoms with van der Waals surface area (Å²) in [7, 11) is -4.00. The van der Waals surface area contributed by atoms with Crippen molar-refractivity contribution in [1.82, 2.24) is 4.31 Å². The zero-order chi connectivity index (χ0) is 20.8. The van der Waals surface area contributed by atoms with Crippen molar-refractivity contribution in [1.29, 1.82) is 0 Å². The van der Waals surface area contributed by atoms with Gasteiger partial charge in [-0.2, -0.15) is 17.5 Å². The van der Waals surface area contributed by atoms with Crippen LogP contribution in [0.3, 0.4) is 0 Å². The molecule has 158 valence electrons. The van der Waals surface area contributed by atoms with Gasteiger partial charge in [0.1, 0.15) is 6.61 Å². The normalized spacial score (nSPS) is 17.0. The molecule has 9 heteroatoms. The number of piperidine rings is 1. The van der Waals surface area contributed by atoms with Crippen LogP contribution in [0, 0.1) is 0 Å². The van der Waals surface area contributed by atoms with Crippen molar-refractivity contribution in [3.63, 3.8) is 0 Å². The van der Waals surface area contributed by atoms with Crippen molar-refractivity contribution in [3.05, 3.63) is 29.8 Å². The van der Waals surface area contributed by atoms with E-state index in [2.05, 4.69) is 6.92 Å². The lowest BCUT2D eigenvalue weighted by Gasteiger charge is -2.31. The number of sulfonamides is 1. The molecule has 1 aliphatic heterocycles. The average Bonchev–Trinajstić information content (AvgIpc) is 2.66. The number of ether oxygens (including phenoxy) is 1. The van der Waals surface area contributed by atoms with Gasteiger partial charge in [-0.1, -0.05) is 25.8 Å². The van der Waals surface area contributed by atoms with Gasteiger partial charge < -0.3 is 4.74 Å². The van der Waals surface area contributed by atoms with E-state index in [-0.39, 0.29) is 36.5 Å². The second kappa shape index (κ2) is 9.84. The molecule has 0 saturated carbocycles. The van der Waals surface area contributed by atoms with Crippen LogP contribution in [0.4, 0.5) is 13.2 Å². The summed E-state index contributed by atoms with van der Waals surface area (Å²) in [5, 5.41) is 0. The third-order valence-corrected chi connectivity index (χ3v) is 6.63. The number of hydrogen-bond donors (Lipinski definition) is 0. The summed E-state index contributed by atoms with van der Waals surface area (Å²) in [6.07, 6.45) is -0.659. The molecule has 0 unspecified atom stereocenters. The van der Waals surface area contributed by atoms with E-state index in [0.29, 0.717) is 25.3 Å². The molecule has 1 aromatic rings. The molecule has 1 heterocycles. The van der Waals surface area contributed by atoms with Gasteiger partial charge in [-0.05, 0) is 37.5 Å². The predicted molar refractivity (Wildman–Crippen MR) is 98.3 cm³/mol. The summed E-state index contributed by atoms with van der Waals surface area (Å²) in [5.74, 6) is 0.0347. The van der Waals surface area contributed by atoms with Crippen molar-refractivity contribution >= 4 is 15.8 Å². The molecule has 1 saturated heterocycles. The maximum Gasteiger partial charge on any atom is 0.416 e. The van der Waals surface area contributed by atoms with Crippen LogP contribution in [0.2, 0.25) is 0 Å². The van der Waals surface area contributed by atoms with Gasteiger partial charge in [0.25, 0.3) is 0 Å². The van der Waals surface area contributed by atoms with Crippen LogP contribution >= 0.6 is 0 Å². The number of unbranched alkanes of at least 4 members (excludes halogenated alkanes) is 2. The Kier molecular flexibility index (Phi) is 8.03. The molecule has 28 heavy (non-hydrogen) atoms. The number of ketones is 1. The first-order valence-corrected chi connectivity index (χ1v) is 10.9. The zero-order valence-corrected chi connectivity index (χ0v) is 16.7. The van der Waals surface area contributed by atoms with Crippen molar-refractivity contribution < 1.29 is 31.1 Å². The van der Waals surface area contributed by atoms with Gasteiger partial charge in [-0.15, -0.1) is 0 Å². The highest BCUT2D eigenvalue weighted by molar-refractivity contribution is 7.89. The molecule has 5 nitrogen and oxygen atoms in total. The number of rotatable bonds is 9. The van der Waals surface area contributed by atoms with E-state index >= 15 is 0 Å². The van der Waals surface area contributed by atoms with Crippen LogP contribution < -0.4 is 0 Å². The van der Waals surface area contributed by atoms with Crippen molar-refractivity contribution in [2.75, 3.05) is 19.7 Å². The highest BCUT2D eigenvalue weighted by Crippen LogP contribution is 2.31. The predicted octanol–water partition coefficient (Wildman–Crippen LogP) is 4.02. The van der Waals surface area contributed by atoms with Gasteiger partial charge in [0, 0.05) is 19.5 Å². The number of nitrogens with zero attached hydrogens (tertiary/aromatic N) is 1. The first-order valence-electron chi connectivity index (χ1n) is 9.45. The Balaban J connectivity index is 1.89. The third kappa shape index (κ3) is 6.28. The monoisotopic (exact) mass is 421 g/mol. The van der Waals surface area contributed by atoms with Gasteiger partial charge in [-0.25, -0.2) is 8.42 Å². The molecule has 1 aliphatic rings. The molecule has 0 amide bonds. The Morgan fingerprint density at radius 2 is 1.89 bits per heavy atom. The second-order valence-electron chi connectivity index (χ2n) is 6.94. The first kappa shape index (κ1) is 22.8. The summed E-state index contributed by atoms with van der Waals surface area (Å²) in [6.45, 7) is 2.37. The molecular formula is C19H26F3NO4S. The largest absolute Gasteiger partial charge is 0.416 e. The number of carbonyl (C=O) groups is 1. The third-order valence-electron chi connectivity index (χ3n) is 4.74. The Bertz CT molecular complexity index is 757. The quantitative estimate of drug-likeness (QED) is 0.565. The van der Waals surface area contributed by atoms with E-state index in [4.69, 9.17) is 4.74 Å². The maximum absolute atomic E-state index is 12.8. The van der Waals surface area contributed by atoms with Crippen LogP contribution in [0.5, 0.6) is 0 Å². The van der Waals surface area contributed by atoms with Crippen molar-refractivity contribution in [3.8, 4) is 0 Å². The fraction of sp³-hybridized carbons (Fsp3) is 0.632. The number of Topliss-reactive ketones (excluding diaryl/α,β-unsaturated/α-hetero) is 1. The van der Waals surface area contributed by atoms with Crippen molar-refractivity contribution in [2.24, 2.45) is 0 Å². The molecule has 0 radical (unpaired) electrons. The smallest absolute Gasteiger partial charge is 0.370 e. The first-order chi connectivity index (χ1) is 13.1. The van der Waals surface area contributed by atoms with Gasteiger partial charge in [0.05, 0.1) is 16.6 Å². The lowest BCUT2D eigenvalue weighted by Crippen LogP contribution is -2.41. The van der Waals surface area contributed by atoms with Crippen LogP contribution in [-0.4, -0.2) is 44.3 Å². The molecule has 0 atom stereocenters. The van der Waals surface area contributed by atoms with E-state index in [0.717, 1.165) is 31.4 Å². The van der Waals surface area contributed by atoms with Gasteiger partial charge in [0.2, 0.25) is 10.0 Å². The maximum atomic E-state index is 12.8. The zero-order valence-electron chi connectivity index (χ0n) is 15.9. The molecule has 1 aromatic carbocycles. The Morgan fingerprint density at radius 1 is 1.21 bits per heavy atom. The van der Waals surface area contributed by atoms with Crippen LogP contribution in [0.1, 0.15) is 51.0 Å². The highest BCUT2D eigenvalue weighted by Gasteiger charge is 2.34. The van der Waals surface area contributed by atoms with E-state index < -0.39 is 21.8 Å². The minimum absolute atomic E-state index is 0.0226. The summed E-state index contributed by atoms with van der Waals surface area (Å²) >= 11 is 0. The van der Waals surface area contributed by atoms with Crippen LogP contribution in [0.15, 0.2) is 29.2 Å². The lowest BCUT2D eigenvalue weighted by molar-refractivity contribution is -0.137. The van der Waals surface area contributed by atoms with Crippen LogP contribution in [-0.2, 0) is 25.7 Å². The molecule has 0 bridgehead atoms. The summed E-state index contributed by atoms with van der Waals surface area (Å²) in [4.78, 5) is 11.4. The minimum Gasteiger partial charge on any atom is -0.370 e. The Hall–Kier alpha value is -1.45. The number of hydrogen-bond acceptors (Lipinski definition) is 4. The molecule has 2 rings (SSSR count). The van der Waals surface area contributed by atoms with E-state index in [1.807, 2.05) is 0 Å². The number of benzene rings is 1. The minimum atomic E-state index is -4.60. The highest BCUT2D eigenvalue weighted by atomic mass is 32.2. The van der Waals surface area contributed by atoms with E-state index in [1.54, 1.807) is 0 Å². The van der Waals surface area contributed by atoms with Gasteiger partial charge >= 0.3 is 6.18 Å². The molecule has 0 spiro atoms. The topological polar surface area (TPSA) is 63.7 Å². The molecule has 0 N–H and O–H groups in total. The van der Waals surface area contributed by atoms with Gasteiger partial charge in [0.15, 0.2) is 5.78 Å². The summed E-state index contributed by atoms with van der Waals surface area (Å²) < 4.78 is 70.6. The average molecular weight is 421 g/mol. The molecule has 1 fully saturated rings. The fourth-order valence-electron chi connectivity index (χ4n) is 3.08. The van der Waals surface area contributed by atoms with E-state index in [9.17, 15) is 26.4 Å². The fourth-order valence-corrected chi connectivity index (χ4v) is 4.59. The number of halogens is 3. The lowest BCUT2D eigenvalue weighted by atomic mass is 10.1. The molecule has 0 aliphatic carbocycles. The van der Waals surface area contributed by atoms with E-state index in [1.165, 1.54) is 10.4 Å². The number of carbonyl (C=O) groups excluding carboxylic acids is 1. The summed E-state index contributed by atoms with van der Waals surface area (Å²) in [6, 6.07) is 3.77. The van der Waals surface area contributed by atoms with Crippen molar-refractivity contribution in [2.45, 2.75) is 62.6 Å². The Labute approximate surface area is 163 Å². The molecular weight excluding hydrogens is 395 g/mol. The second-order valence-corrected chi connectivity index (χ2v) is 8.87. The molecule has 0 aromatic heterocycles. The number of alkyl halides is 3. The standard InChI is InChI=1S/C19H26F3NO4S/c1-2-3-4-7-16(24)14-27-17-9-11-23(12-10-17)28(25,26)18-8-5-6-15(13-18)19(20,21)22/h5-6,8,13,17H,2-4,7,9-12,14H2,1H3. The Morgan fingerprint density at radius 3 is 2.50 bits per heavy atom.